The maximum absolute atomic E-state index is 12.4. The van der Waals surface area contributed by atoms with E-state index in [0.29, 0.717) is 33.1 Å². The normalized spacial score (nSPS) is 13.0. The SMILES string of the molecule is C=C(CCC(=O)c1cc2ccccc2o1)S/C(C(C)=O)=C(/C#N)C(C)CC. The van der Waals surface area contributed by atoms with Crippen molar-refractivity contribution in [1.82, 2.24) is 0 Å². The lowest BCUT2D eigenvalue weighted by Crippen LogP contribution is -2.05. The van der Waals surface area contributed by atoms with Crippen molar-refractivity contribution in [2.75, 3.05) is 0 Å². The summed E-state index contributed by atoms with van der Waals surface area (Å²) in [6.07, 6.45) is 1.43. The van der Waals surface area contributed by atoms with Crippen LogP contribution in [0.4, 0.5) is 0 Å². The van der Waals surface area contributed by atoms with Crippen LogP contribution < -0.4 is 0 Å². The summed E-state index contributed by atoms with van der Waals surface area (Å²) in [4.78, 5) is 25.5. The lowest BCUT2D eigenvalue weighted by Gasteiger charge is -2.13. The fourth-order valence-electron chi connectivity index (χ4n) is 2.60. The number of rotatable bonds is 9. The third-order valence-electron chi connectivity index (χ3n) is 4.37. The Bertz CT molecular complexity index is 913. The molecule has 4 nitrogen and oxygen atoms in total. The third kappa shape index (κ3) is 5.21. The number of hydrogen-bond donors (Lipinski definition) is 0. The molecular formula is C22H23NO3S. The Labute approximate surface area is 163 Å². The summed E-state index contributed by atoms with van der Waals surface area (Å²) in [6, 6.07) is 11.4. The number of carbonyl (C=O) groups is 2. The number of furan rings is 1. The van der Waals surface area contributed by atoms with Crippen LogP contribution in [-0.2, 0) is 4.79 Å². The van der Waals surface area contributed by atoms with E-state index in [1.54, 1.807) is 6.07 Å². The van der Waals surface area contributed by atoms with E-state index in [1.165, 1.54) is 18.7 Å². The summed E-state index contributed by atoms with van der Waals surface area (Å²) in [7, 11) is 0. The average Bonchev–Trinajstić information content (AvgIpc) is 3.09. The number of para-hydroxylation sites is 1. The molecule has 5 heteroatoms. The van der Waals surface area contributed by atoms with E-state index >= 15 is 0 Å². The van der Waals surface area contributed by atoms with Crippen molar-refractivity contribution in [3.63, 3.8) is 0 Å². The molecule has 0 spiro atoms. The molecule has 0 radical (unpaired) electrons. The van der Waals surface area contributed by atoms with Gasteiger partial charge in [-0.25, -0.2) is 0 Å². The van der Waals surface area contributed by atoms with Gasteiger partial charge in [-0.05, 0) is 42.7 Å². The lowest BCUT2D eigenvalue weighted by atomic mass is 9.98. The first-order valence-electron chi connectivity index (χ1n) is 8.90. The smallest absolute Gasteiger partial charge is 0.198 e. The highest BCUT2D eigenvalue weighted by atomic mass is 32.2. The molecule has 0 fully saturated rings. The number of benzene rings is 1. The number of thioether (sulfide) groups is 1. The first kappa shape index (κ1) is 20.7. The number of allylic oxidation sites excluding steroid dienone is 3. The molecule has 27 heavy (non-hydrogen) atoms. The predicted molar refractivity (Wildman–Crippen MR) is 109 cm³/mol. The second-order valence-corrected chi connectivity index (χ2v) is 7.62. The largest absolute Gasteiger partial charge is 0.453 e. The second kappa shape index (κ2) is 9.38. The molecule has 2 aromatic rings. The number of fused-ring (bicyclic) bond motifs is 1. The maximum atomic E-state index is 12.4. The molecule has 0 saturated heterocycles. The van der Waals surface area contributed by atoms with Gasteiger partial charge < -0.3 is 4.42 Å². The molecule has 2 rings (SSSR count). The fraction of sp³-hybridized carbons (Fsp3) is 0.318. The Morgan fingerprint density at radius 3 is 2.59 bits per heavy atom. The highest BCUT2D eigenvalue weighted by Crippen LogP contribution is 2.34. The van der Waals surface area contributed by atoms with Gasteiger partial charge in [-0.15, -0.1) is 0 Å². The molecule has 0 aliphatic rings. The van der Waals surface area contributed by atoms with E-state index in [9.17, 15) is 14.9 Å². The van der Waals surface area contributed by atoms with Crippen molar-refractivity contribution < 1.29 is 14.0 Å². The van der Waals surface area contributed by atoms with Gasteiger partial charge in [0.05, 0.1) is 11.0 Å². The Kier molecular flexibility index (Phi) is 7.20. The number of Topliss-reactive ketones (excluding diaryl/α,β-unsaturated/α-hetero) is 2. The number of ketones is 2. The molecule has 140 valence electrons. The summed E-state index contributed by atoms with van der Waals surface area (Å²) in [6.45, 7) is 9.33. The molecule has 1 atom stereocenters. The van der Waals surface area contributed by atoms with E-state index in [1.807, 2.05) is 38.1 Å². The number of nitriles is 1. The molecule has 0 aliphatic carbocycles. The first-order chi connectivity index (χ1) is 12.9. The zero-order valence-electron chi connectivity index (χ0n) is 15.9. The summed E-state index contributed by atoms with van der Waals surface area (Å²) < 4.78 is 5.59. The third-order valence-corrected chi connectivity index (χ3v) is 5.57. The van der Waals surface area contributed by atoms with Crippen LogP contribution in [0.1, 0.15) is 50.6 Å². The van der Waals surface area contributed by atoms with Crippen molar-refractivity contribution in [2.45, 2.75) is 40.0 Å². The minimum absolute atomic E-state index is 0.00591. The number of nitrogens with zero attached hydrogens (tertiary/aromatic N) is 1. The van der Waals surface area contributed by atoms with Crippen LogP contribution >= 0.6 is 11.8 Å². The van der Waals surface area contributed by atoms with E-state index in [4.69, 9.17) is 4.42 Å². The standard InChI is InChI=1S/C22H23NO3S/c1-5-14(2)18(13-23)22(16(4)24)27-15(3)10-11-19(25)21-12-17-8-6-7-9-20(17)26-21/h6-9,12,14H,3,5,10-11H2,1-2,4H3/b22-18-. The molecule has 1 aromatic heterocycles. The van der Waals surface area contributed by atoms with Crippen molar-refractivity contribution in [2.24, 2.45) is 5.92 Å². The van der Waals surface area contributed by atoms with Gasteiger partial charge in [0.25, 0.3) is 0 Å². The van der Waals surface area contributed by atoms with Gasteiger partial charge in [0.15, 0.2) is 17.3 Å². The van der Waals surface area contributed by atoms with Crippen LogP contribution in [0.5, 0.6) is 0 Å². The van der Waals surface area contributed by atoms with Crippen molar-refractivity contribution in [3.05, 3.63) is 58.1 Å². The molecule has 1 unspecified atom stereocenters. The van der Waals surface area contributed by atoms with E-state index in [2.05, 4.69) is 12.6 Å². The van der Waals surface area contributed by atoms with Crippen molar-refractivity contribution in [3.8, 4) is 6.07 Å². The van der Waals surface area contributed by atoms with Crippen molar-refractivity contribution in [1.29, 1.82) is 5.26 Å². The zero-order chi connectivity index (χ0) is 20.0. The van der Waals surface area contributed by atoms with Crippen LogP contribution in [0.15, 0.2) is 56.7 Å². The molecule has 0 amide bonds. The molecule has 0 aliphatic heterocycles. The van der Waals surface area contributed by atoms with Gasteiger partial charge in [-0.3, -0.25) is 9.59 Å². The van der Waals surface area contributed by atoms with Gasteiger partial charge in [0, 0.05) is 17.4 Å². The van der Waals surface area contributed by atoms with Crippen molar-refractivity contribution >= 4 is 34.3 Å². The predicted octanol–water partition coefficient (Wildman–Crippen LogP) is 6.06. The summed E-state index contributed by atoms with van der Waals surface area (Å²) >= 11 is 1.20. The monoisotopic (exact) mass is 381 g/mol. The lowest BCUT2D eigenvalue weighted by molar-refractivity contribution is -0.113. The molecule has 1 aromatic carbocycles. The minimum Gasteiger partial charge on any atom is -0.453 e. The highest BCUT2D eigenvalue weighted by molar-refractivity contribution is 8.07. The van der Waals surface area contributed by atoms with Crippen LogP contribution in [0, 0.1) is 17.2 Å². The molecule has 0 bridgehead atoms. The van der Waals surface area contributed by atoms with Crippen LogP contribution in [0.2, 0.25) is 0 Å². The molecule has 0 N–H and O–H groups in total. The Hall–Kier alpha value is -2.58. The van der Waals surface area contributed by atoms with Crippen LogP contribution in [0.3, 0.4) is 0 Å². The Morgan fingerprint density at radius 1 is 1.30 bits per heavy atom. The second-order valence-electron chi connectivity index (χ2n) is 6.43. The fourth-order valence-corrected chi connectivity index (χ4v) is 3.59. The van der Waals surface area contributed by atoms with E-state index in [0.717, 1.165) is 11.8 Å². The summed E-state index contributed by atoms with van der Waals surface area (Å²) in [5, 5.41) is 10.3. The van der Waals surface area contributed by atoms with Gasteiger partial charge in [-0.2, -0.15) is 5.26 Å². The van der Waals surface area contributed by atoms with Gasteiger partial charge in [0.1, 0.15) is 5.58 Å². The maximum Gasteiger partial charge on any atom is 0.198 e. The highest BCUT2D eigenvalue weighted by Gasteiger charge is 2.19. The number of hydrogen-bond acceptors (Lipinski definition) is 5. The summed E-state index contributed by atoms with van der Waals surface area (Å²) in [5.41, 5.74) is 1.17. The average molecular weight is 381 g/mol. The van der Waals surface area contributed by atoms with E-state index < -0.39 is 0 Å². The Morgan fingerprint density at radius 2 is 2.00 bits per heavy atom. The minimum atomic E-state index is -0.151. The van der Waals surface area contributed by atoms with E-state index in [-0.39, 0.29) is 23.9 Å². The molecular weight excluding hydrogens is 358 g/mol. The van der Waals surface area contributed by atoms with Gasteiger partial charge in [-0.1, -0.05) is 50.4 Å². The summed E-state index contributed by atoms with van der Waals surface area (Å²) in [5.74, 6) is 0.0744. The zero-order valence-corrected chi connectivity index (χ0v) is 16.7. The molecule has 0 saturated carbocycles. The van der Waals surface area contributed by atoms with Crippen LogP contribution in [-0.4, -0.2) is 11.6 Å². The molecule has 1 heterocycles. The first-order valence-corrected chi connectivity index (χ1v) is 9.71. The van der Waals surface area contributed by atoms with Gasteiger partial charge >= 0.3 is 0 Å². The number of carbonyl (C=O) groups excluding carboxylic acids is 2. The quantitative estimate of drug-likeness (QED) is 0.300. The Balaban J connectivity index is 2.05. The van der Waals surface area contributed by atoms with Crippen LogP contribution in [0.25, 0.3) is 11.0 Å². The van der Waals surface area contributed by atoms with Gasteiger partial charge in [0.2, 0.25) is 0 Å². The topological polar surface area (TPSA) is 71.1 Å².